The van der Waals surface area contributed by atoms with Gasteiger partial charge in [0.2, 0.25) is 17.7 Å². The molecule has 0 spiro atoms. The molecule has 0 bridgehead atoms. The molecule has 1 N–H and O–H groups in total. The molecule has 8 nitrogen and oxygen atoms in total. The fourth-order valence-corrected chi connectivity index (χ4v) is 4.10. The van der Waals surface area contributed by atoms with E-state index in [0.29, 0.717) is 17.8 Å². The SMILES string of the molecule is COC(=O)c1cccc(NC(=O)C2CC(=O)N(c3ccc4c(c3)CCN4C(C)=O)C2)c1. The zero-order chi connectivity index (χ0) is 22.1. The molecule has 2 aromatic carbocycles. The van der Waals surface area contributed by atoms with Crippen molar-refractivity contribution < 1.29 is 23.9 Å². The zero-order valence-corrected chi connectivity index (χ0v) is 17.4. The number of benzene rings is 2. The summed E-state index contributed by atoms with van der Waals surface area (Å²) in [7, 11) is 1.29. The average molecular weight is 421 g/mol. The second-order valence-corrected chi connectivity index (χ2v) is 7.70. The number of ether oxygens (including phenoxy) is 1. The fraction of sp³-hybridized carbons (Fsp3) is 0.304. The molecule has 2 aliphatic heterocycles. The highest BCUT2D eigenvalue weighted by atomic mass is 16.5. The normalized spacial score (nSPS) is 17.5. The van der Waals surface area contributed by atoms with Crippen molar-refractivity contribution in [1.29, 1.82) is 0 Å². The molecule has 2 aromatic rings. The first-order chi connectivity index (χ1) is 14.9. The van der Waals surface area contributed by atoms with Crippen LogP contribution < -0.4 is 15.1 Å². The molecule has 1 unspecified atom stereocenters. The van der Waals surface area contributed by atoms with Gasteiger partial charge in [0.25, 0.3) is 0 Å². The van der Waals surface area contributed by atoms with Gasteiger partial charge in [-0.25, -0.2) is 4.79 Å². The summed E-state index contributed by atoms with van der Waals surface area (Å²) in [5.41, 5.74) is 3.44. The monoisotopic (exact) mass is 421 g/mol. The van der Waals surface area contributed by atoms with Crippen LogP contribution in [-0.2, 0) is 25.5 Å². The van der Waals surface area contributed by atoms with E-state index in [1.807, 2.05) is 18.2 Å². The Morgan fingerprint density at radius 3 is 2.68 bits per heavy atom. The first kappa shape index (κ1) is 20.6. The van der Waals surface area contributed by atoms with Gasteiger partial charge < -0.3 is 19.9 Å². The van der Waals surface area contributed by atoms with Crippen LogP contribution in [-0.4, -0.2) is 43.9 Å². The third kappa shape index (κ3) is 4.01. The Balaban J connectivity index is 1.46. The van der Waals surface area contributed by atoms with E-state index in [1.54, 1.807) is 34.1 Å². The van der Waals surface area contributed by atoms with Crippen molar-refractivity contribution in [2.75, 3.05) is 35.3 Å². The van der Waals surface area contributed by atoms with Crippen molar-refractivity contribution in [1.82, 2.24) is 0 Å². The number of esters is 1. The minimum Gasteiger partial charge on any atom is -0.465 e. The summed E-state index contributed by atoms with van der Waals surface area (Å²) in [5.74, 6) is -1.39. The number of nitrogens with one attached hydrogen (secondary N) is 1. The van der Waals surface area contributed by atoms with Crippen LogP contribution >= 0.6 is 0 Å². The van der Waals surface area contributed by atoms with Gasteiger partial charge in [-0.3, -0.25) is 14.4 Å². The Hall–Kier alpha value is -3.68. The molecule has 1 saturated heterocycles. The molecule has 31 heavy (non-hydrogen) atoms. The number of anilines is 3. The number of carbonyl (C=O) groups excluding carboxylic acids is 4. The van der Waals surface area contributed by atoms with E-state index in [9.17, 15) is 19.2 Å². The van der Waals surface area contributed by atoms with Crippen LogP contribution in [0.2, 0.25) is 0 Å². The Bertz CT molecular complexity index is 1080. The van der Waals surface area contributed by atoms with E-state index >= 15 is 0 Å². The second-order valence-electron chi connectivity index (χ2n) is 7.70. The Kier molecular flexibility index (Phi) is 5.46. The molecule has 4 rings (SSSR count). The quantitative estimate of drug-likeness (QED) is 0.765. The highest BCUT2D eigenvalue weighted by Crippen LogP contribution is 2.34. The van der Waals surface area contributed by atoms with Gasteiger partial charge in [0, 0.05) is 43.5 Å². The number of rotatable bonds is 4. The molecule has 1 fully saturated rings. The fourth-order valence-electron chi connectivity index (χ4n) is 4.10. The smallest absolute Gasteiger partial charge is 0.337 e. The number of hydrogen-bond acceptors (Lipinski definition) is 5. The molecule has 0 radical (unpaired) electrons. The summed E-state index contributed by atoms with van der Waals surface area (Å²) in [6, 6.07) is 12.1. The molecule has 2 aliphatic rings. The van der Waals surface area contributed by atoms with Crippen molar-refractivity contribution >= 4 is 40.8 Å². The third-order valence-electron chi connectivity index (χ3n) is 5.70. The Morgan fingerprint density at radius 1 is 1.13 bits per heavy atom. The number of nitrogens with zero attached hydrogens (tertiary/aromatic N) is 2. The molecule has 0 saturated carbocycles. The molecule has 2 heterocycles. The molecule has 160 valence electrons. The number of amides is 3. The lowest BCUT2D eigenvalue weighted by atomic mass is 10.1. The van der Waals surface area contributed by atoms with Crippen molar-refractivity contribution in [2.45, 2.75) is 19.8 Å². The highest BCUT2D eigenvalue weighted by Gasteiger charge is 2.36. The van der Waals surface area contributed by atoms with Crippen LogP contribution in [0.3, 0.4) is 0 Å². The van der Waals surface area contributed by atoms with Crippen LogP contribution in [0.15, 0.2) is 42.5 Å². The lowest BCUT2D eigenvalue weighted by Gasteiger charge is -2.19. The van der Waals surface area contributed by atoms with Crippen LogP contribution in [0.5, 0.6) is 0 Å². The van der Waals surface area contributed by atoms with Gasteiger partial charge in [-0.15, -0.1) is 0 Å². The van der Waals surface area contributed by atoms with Crippen molar-refractivity contribution in [3.8, 4) is 0 Å². The van der Waals surface area contributed by atoms with Crippen LogP contribution in [0.4, 0.5) is 17.1 Å². The van der Waals surface area contributed by atoms with Gasteiger partial charge in [0.15, 0.2) is 0 Å². The Morgan fingerprint density at radius 2 is 1.94 bits per heavy atom. The molecule has 0 aliphatic carbocycles. The first-order valence-electron chi connectivity index (χ1n) is 10.1. The zero-order valence-electron chi connectivity index (χ0n) is 17.4. The number of carbonyl (C=O) groups is 4. The van der Waals surface area contributed by atoms with Gasteiger partial charge in [0.05, 0.1) is 18.6 Å². The highest BCUT2D eigenvalue weighted by molar-refractivity contribution is 6.04. The predicted octanol–water partition coefficient (Wildman–Crippen LogP) is 2.37. The minimum atomic E-state index is -0.503. The van der Waals surface area contributed by atoms with Crippen LogP contribution in [0.25, 0.3) is 0 Å². The summed E-state index contributed by atoms with van der Waals surface area (Å²) in [6.07, 6.45) is 0.852. The van der Waals surface area contributed by atoms with Gasteiger partial charge >= 0.3 is 5.97 Å². The van der Waals surface area contributed by atoms with Crippen molar-refractivity contribution in [2.24, 2.45) is 5.92 Å². The molecule has 1 atom stereocenters. The van der Waals surface area contributed by atoms with Gasteiger partial charge in [-0.05, 0) is 48.4 Å². The number of hydrogen-bond donors (Lipinski definition) is 1. The second kappa shape index (κ2) is 8.22. The van der Waals surface area contributed by atoms with E-state index < -0.39 is 11.9 Å². The maximum absolute atomic E-state index is 12.7. The summed E-state index contributed by atoms with van der Waals surface area (Å²) >= 11 is 0. The Labute approximate surface area is 179 Å². The van der Waals surface area contributed by atoms with E-state index in [2.05, 4.69) is 5.32 Å². The largest absolute Gasteiger partial charge is 0.465 e. The lowest BCUT2D eigenvalue weighted by Crippen LogP contribution is -2.28. The standard InChI is InChI=1S/C23H23N3O5/c1-14(27)25-9-8-15-11-19(6-7-20(15)25)26-13-17(12-21(26)28)22(29)24-18-5-3-4-16(10-18)23(30)31-2/h3-7,10-11,17H,8-9,12-13H2,1-2H3,(H,24,29). The van der Waals surface area contributed by atoms with Gasteiger partial charge in [-0.1, -0.05) is 6.07 Å². The van der Waals surface area contributed by atoms with Crippen molar-refractivity contribution in [3.63, 3.8) is 0 Å². The molecule has 0 aromatic heterocycles. The predicted molar refractivity (Wildman–Crippen MR) is 115 cm³/mol. The van der Waals surface area contributed by atoms with Gasteiger partial charge in [0.1, 0.15) is 0 Å². The van der Waals surface area contributed by atoms with E-state index in [-0.39, 0.29) is 30.7 Å². The molecular weight excluding hydrogens is 398 g/mol. The van der Waals surface area contributed by atoms with E-state index in [4.69, 9.17) is 4.74 Å². The van der Waals surface area contributed by atoms with Crippen LogP contribution in [0.1, 0.15) is 29.3 Å². The van der Waals surface area contributed by atoms with E-state index in [0.717, 1.165) is 23.4 Å². The molecular formula is C23H23N3O5. The topological polar surface area (TPSA) is 96.0 Å². The maximum Gasteiger partial charge on any atom is 0.337 e. The lowest BCUT2D eigenvalue weighted by molar-refractivity contribution is -0.122. The molecule has 3 amide bonds. The average Bonchev–Trinajstić information content (AvgIpc) is 3.36. The number of methoxy groups -OCH3 is 1. The van der Waals surface area contributed by atoms with Gasteiger partial charge in [-0.2, -0.15) is 0 Å². The summed E-state index contributed by atoms with van der Waals surface area (Å²) < 4.78 is 4.70. The third-order valence-corrected chi connectivity index (χ3v) is 5.70. The molecule has 8 heteroatoms. The van der Waals surface area contributed by atoms with Crippen molar-refractivity contribution in [3.05, 3.63) is 53.6 Å². The summed E-state index contributed by atoms with van der Waals surface area (Å²) in [6.45, 7) is 2.45. The summed E-state index contributed by atoms with van der Waals surface area (Å²) in [4.78, 5) is 52.1. The number of fused-ring (bicyclic) bond motifs is 1. The minimum absolute atomic E-state index is 0.00301. The van der Waals surface area contributed by atoms with E-state index in [1.165, 1.54) is 14.0 Å². The first-order valence-corrected chi connectivity index (χ1v) is 10.1. The van der Waals surface area contributed by atoms with Crippen LogP contribution in [0, 0.1) is 5.92 Å². The summed E-state index contributed by atoms with van der Waals surface area (Å²) in [5, 5.41) is 2.79. The maximum atomic E-state index is 12.7.